The highest BCUT2D eigenvalue weighted by Gasteiger charge is 2.25. The van der Waals surface area contributed by atoms with Crippen LogP contribution in [-0.2, 0) is 11.2 Å². The Morgan fingerprint density at radius 3 is 2.46 bits per heavy atom. The van der Waals surface area contributed by atoms with E-state index in [0.29, 0.717) is 43.3 Å². The van der Waals surface area contributed by atoms with Crippen LogP contribution in [0.15, 0.2) is 36.4 Å². The second-order valence-electron chi connectivity index (χ2n) is 7.19. The Kier molecular flexibility index (Phi) is 6.19. The first kappa shape index (κ1) is 20.1. The summed E-state index contributed by atoms with van der Waals surface area (Å²) in [6.45, 7) is 6.39. The summed E-state index contributed by atoms with van der Waals surface area (Å²) in [5.41, 5.74) is 4.20. The number of rotatable bonds is 5. The van der Waals surface area contributed by atoms with Crippen LogP contribution in [0.5, 0.6) is 0 Å². The molecule has 0 N–H and O–H groups in total. The van der Waals surface area contributed by atoms with Crippen molar-refractivity contribution < 1.29 is 9.72 Å². The summed E-state index contributed by atoms with van der Waals surface area (Å²) >= 11 is 5.89. The van der Waals surface area contributed by atoms with E-state index >= 15 is 0 Å². The van der Waals surface area contributed by atoms with E-state index < -0.39 is 4.92 Å². The first-order chi connectivity index (χ1) is 13.3. The Morgan fingerprint density at radius 2 is 1.82 bits per heavy atom. The highest BCUT2D eigenvalue weighted by atomic mass is 35.5. The maximum absolute atomic E-state index is 12.6. The van der Waals surface area contributed by atoms with E-state index in [0.717, 1.165) is 6.42 Å². The lowest BCUT2D eigenvalue weighted by Gasteiger charge is -2.36. The quantitative estimate of drug-likeness (QED) is 0.557. The fourth-order valence-electron chi connectivity index (χ4n) is 3.63. The first-order valence-electron chi connectivity index (χ1n) is 9.38. The molecule has 3 rings (SSSR count). The number of hydrogen-bond acceptors (Lipinski definition) is 4. The number of halogens is 1. The molecular weight excluding hydrogens is 378 g/mol. The van der Waals surface area contributed by atoms with Gasteiger partial charge in [0, 0.05) is 43.7 Å². The number of hydrogen-bond donors (Lipinski definition) is 0. The van der Waals surface area contributed by atoms with Crippen molar-refractivity contribution in [3.63, 3.8) is 0 Å². The number of nitro benzene ring substituents is 1. The lowest BCUT2D eigenvalue weighted by atomic mass is 10.0. The van der Waals surface area contributed by atoms with Gasteiger partial charge >= 0.3 is 0 Å². The Morgan fingerprint density at radius 1 is 1.11 bits per heavy atom. The average molecular weight is 402 g/mol. The topological polar surface area (TPSA) is 66.7 Å². The van der Waals surface area contributed by atoms with Gasteiger partial charge in [-0.25, -0.2) is 0 Å². The zero-order valence-corrected chi connectivity index (χ0v) is 16.9. The summed E-state index contributed by atoms with van der Waals surface area (Å²) in [5, 5.41) is 11.7. The molecule has 2 aromatic rings. The predicted molar refractivity (Wildman–Crippen MR) is 111 cm³/mol. The third kappa shape index (κ3) is 4.62. The zero-order chi connectivity index (χ0) is 20.3. The van der Waals surface area contributed by atoms with E-state index in [4.69, 9.17) is 11.6 Å². The van der Waals surface area contributed by atoms with Gasteiger partial charge in [-0.3, -0.25) is 14.9 Å². The molecule has 0 unspecified atom stereocenters. The number of amides is 1. The molecule has 0 aliphatic carbocycles. The van der Waals surface area contributed by atoms with E-state index in [9.17, 15) is 14.9 Å². The van der Waals surface area contributed by atoms with Crippen LogP contribution in [-0.4, -0.2) is 41.9 Å². The molecule has 0 atom stereocenters. The van der Waals surface area contributed by atoms with Gasteiger partial charge in [0.15, 0.2) is 0 Å². The summed E-state index contributed by atoms with van der Waals surface area (Å²) in [4.78, 5) is 27.3. The number of aryl methyl sites for hydroxylation is 3. The SMILES string of the molecule is Cc1ccc(CCC(=O)N2CCN(c3ccc(Cl)cc3[N+](=O)[O-])CC2)c(C)c1. The Balaban J connectivity index is 1.58. The van der Waals surface area contributed by atoms with E-state index in [1.807, 2.05) is 9.80 Å². The van der Waals surface area contributed by atoms with Gasteiger partial charge in [-0.05, 0) is 43.5 Å². The van der Waals surface area contributed by atoms with E-state index in [1.54, 1.807) is 12.1 Å². The molecule has 148 valence electrons. The molecule has 6 nitrogen and oxygen atoms in total. The number of carbonyl (C=O) groups excluding carboxylic acids is 1. The summed E-state index contributed by atoms with van der Waals surface area (Å²) in [5.74, 6) is 0.130. The normalized spacial score (nSPS) is 14.2. The van der Waals surface area contributed by atoms with E-state index in [2.05, 4.69) is 32.0 Å². The van der Waals surface area contributed by atoms with Crippen molar-refractivity contribution in [2.45, 2.75) is 26.7 Å². The molecule has 2 aromatic carbocycles. The molecule has 0 radical (unpaired) electrons. The van der Waals surface area contributed by atoms with Crippen molar-refractivity contribution in [2.24, 2.45) is 0 Å². The van der Waals surface area contributed by atoms with Gasteiger partial charge in [0.05, 0.1) is 4.92 Å². The maximum atomic E-state index is 12.6. The minimum Gasteiger partial charge on any atom is -0.362 e. The summed E-state index contributed by atoms with van der Waals surface area (Å²) in [6, 6.07) is 11.0. The number of nitrogens with zero attached hydrogens (tertiary/aromatic N) is 3. The summed E-state index contributed by atoms with van der Waals surface area (Å²) in [7, 11) is 0. The van der Waals surface area contributed by atoms with E-state index in [1.165, 1.54) is 22.8 Å². The van der Waals surface area contributed by atoms with Gasteiger partial charge in [0.1, 0.15) is 5.69 Å². The third-order valence-electron chi connectivity index (χ3n) is 5.21. The molecule has 1 fully saturated rings. The average Bonchev–Trinajstić information content (AvgIpc) is 2.67. The molecule has 0 bridgehead atoms. The molecule has 1 heterocycles. The number of anilines is 1. The van der Waals surface area contributed by atoms with Gasteiger partial charge in [-0.15, -0.1) is 0 Å². The molecule has 0 saturated carbocycles. The first-order valence-corrected chi connectivity index (χ1v) is 9.76. The highest BCUT2D eigenvalue weighted by molar-refractivity contribution is 6.30. The molecule has 1 aliphatic rings. The Hall–Kier alpha value is -2.60. The summed E-state index contributed by atoms with van der Waals surface area (Å²) < 4.78 is 0. The molecule has 0 spiro atoms. The van der Waals surface area contributed by atoms with Gasteiger partial charge in [0.25, 0.3) is 5.69 Å². The summed E-state index contributed by atoms with van der Waals surface area (Å²) in [6.07, 6.45) is 1.21. The number of carbonyl (C=O) groups is 1. The van der Waals surface area contributed by atoms with Crippen molar-refractivity contribution >= 4 is 28.9 Å². The van der Waals surface area contributed by atoms with Gasteiger partial charge < -0.3 is 9.80 Å². The number of benzene rings is 2. The van der Waals surface area contributed by atoms with Gasteiger partial charge in [0.2, 0.25) is 5.91 Å². The molecule has 0 aromatic heterocycles. The van der Waals surface area contributed by atoms with Crippen LogP contribution in [0, 0.1) is 24.0 Å². The fraction of sp³-hybridized carbons (Fsp3) is 0.381. The molecule has 1 saturated heterocycles. The fourth-order valence-corrected chi connectivity index (χ4v) is 3.80. The van der Waals surface area contributed by atoms with Crippen LogP contribution < -0.4 is 4.90 Å². The zero-order valence-electron chi connectivity index (χ0n) is 16.2. The lowest BCUT2D eigenvalue weighted by molar-refractivity contribution is -0.384. The van der Waals surface area contributed by atoms with Crippen molar-refractivity contribution in [3.8, 4) is 0 Å². The largest absolute Gasteiger partial charge is 0.362 e. The second kappa shape index (κ2) is 8.61. The van der Waals surface area contributed by atoms with Crippen LogP contribution >= 0.6 is 11.6 Å². The monoisotopic (exact) mass is 401 g/mol. The molecule has 28 heavy (non-hydrogen) atoms. The van der Waals surface area contributed by atoms with Crippen LogP contribution in [0.3, 0.4) is 0 Å². The van der Waals surface area contributed by atoms with Crippen LogP contribution in [0.2, 0.25) is 5.02 Å². The lowest BCUT2D eigenvalue weighted by Crippen LogP contribution is -2.49. The predicted octanol–water partition coefficient (Wildman–Crippen LogP) is 4.15. The maximum Gasteiger partial charge on any atom is 0.294 e. The number of nitro groups is 1. The Labute approximate surface area is 169 Å². The van der Waals surface area contributed by atoms with Crippen molar-refractivity contribution in [1.29, 1.82) is 0 Å². The minimum absolute atomic E-state index is 0.00197. The standard InChI is InChI=1S/C21H24ClN3O3/c1-15-3-4-17(16(2)13-15)5-8-21(26)24-11-9-23(10-12-24)19-7-6-18(22)14-20(19)25(27)28/h3-4,6-7,13-14H,5,8-12H2,1-2H3. The third-order valence-corrected chi connectivity index (χ3v) is 5.45. The van der Waals surface area contributed by atoms with E-state index in [-0.39, 0.29) is 11.6 Å². The molecule has 1 aliphatic heterocycles. The second-order valence-corrected chi connectivity index (χ2v) is 7.62. The highest BCUT2D eigenvalue weighted by Crippen LogP contribution is 2.31. The molecular formula is C21H24ClN3O3. The van der Waals surface area contributed by atoms with Crippen LogP contribution in [0.4, 0.5) is 11.4 Å². The van der Waals surface area contributed by atoms with Crippen molar-refractivity contribution in [1.82, 2.24) is 4.90 Å². The smallest absolute Gasteiger partial charge is 0.294 e. The molecule has 7 heteroatoms. The van der Waals surface area contributed by atoms with Gasteiger partial charge in [-0.1, -0.05) is 35.4 Å². The van der Waals surface area contributed by atoms with Crippen molar-refractivity contribution in [2.75, 3.05) is 31.1 Å². The van der Waals surface area contributed by atoms with Crippen LogP contribution in [0.1, 0.15) is 23.1 Å². The van der Waals surface area contributed by atoms with Crippen LogP contribution in [0.25, 0.3) is 0 Å². The van der Waals surface area contributed by atoms with Gasteiger partial charge in [-0.2, -0.15) is 0 Å². The number of piperazine rings is 1. The molecule has 1 amide bonds. The Bertz CT molecular complexity index is 892. The van der Waals surface area contributed by atoms with Crippen molar-refractivity contribution in [3.05, 3.63) is 68.2 Å². The minimum atomic E-state index is -0.414.